The number of furan rings is 1. The summed E-state index contributed by atoms with van der Waals surface area (Å²) in [5, 5.41) is 20.7. The zero-order valence-electron chi connectivity index (χ0n) is 16.7. The Morgan fingerprint density at radius 3 is 2.23 bits per heavy atom. The van der Waals surface area contributed by atoms with Crippen LogP contribution in [0.2, 0.25) is 0 Å². The first-order valence-corrected chi connectivity index (χ1v) is 9.99. The van der Waals surface area contributed by atoms with Gasteiger partial charge in [0, 0.05) is 10.9 Å². The van der Waals surface area contributed by atoms with Gasteiger partial charge in [0.15, 0.2) is 0 Å². The monoisotopic (exact) mass is 408 g/mol. The molecule has 0 spiro atoms. The number of benzene rings is 4. The fourth-order valence-electron chi connectivity index (χ4n) is 3.62. The maximum Gasteiger partial charge on any atom is 0.136 e. The fraction of sp³-hybridized carbons (Fsp3) is 0.0370. The summed E-state index contributed by atoms with van der Waals surface area (Å²) in [7, 11) is 0. The summed E-state index contributed by atoms with van der Waals surface area (Å²) in [5.74, 6) is 1.81. The quantitative estimate of drug-likeness (QED) is 0.337. The Kier molecular flexibility index (Phi) is 4.81. The zero-order chi connectivity index (χ0) is 21.2. The van der Waals surface area contributed by atoms with Crippen molar-refractivity contribution < 1.29 is 19.4 Å². The third kappa shape index (κ3) is 3.96. The minimum Gasteiger partial charge on any atom is -0.508 e. The van der Waals surface area contributed by atoms with Crippen LogP contribution in [-0.4, -0.2) is 10.2 Å². The topological polar surface area (TPSA) is 62.8 Å². The van der Waals surface area contributed by atoms with E-state index in [2.05, 4.69) is 0 Å². The molecule has 5 aromatic rings. The molecule has 0 amide bonds. The molecule has 1 aromatic heterocycles. The van der Waals surface area contributed by atoms with Crippen LogP contribution in [0.4, 0.5) is 0 Å². The summed E-state index contributed by atoms with van der Waals surface area (Å²) < 4.78 is 11.9. The third-order valence-electron chi connectivity index (χ3n) is 5.18. The minimum absolute atomic E-state index is 0.178. The summed E-state index contributed by atoms with van der Waals surface area (Å²) in [4.78, 5) is 0. The van der Waals surface area contributed by atoms with Gasteiger partial charge >= 0.3 is 0 Å². The van der Waals surface area contributed by atoms with E-state index >= 15 is 0 Å². The van der Waals surface area contributed by atoms with Crippen LogP contribution >= 0.6 is 0 Å². The number of phenolic OH excluding ortho intramolecular Hbond substituents is 2. The van der Waals surface area contributed by atoms with Crippen molar-refractivity contribution in [1.29, 1.82) is 0 Å². The van der Waals surface area contributed by atoms with Crippen LogP contribution in [-0.2, 0) is 6.61 Å². The summed E-state index contributed by atoms with van der Waals surface area (Å²) >= 11 is 0. The van der Waals surface area contributed by atoms with Crippen molar-refractivity contribution in [2.75, 3.05) is 0 Å². The van der Waals surface area contributed by atoms with Gasteiger partial charge in [-0.3, -0.25) is 0 Å². The SMILES string of the molecule is Oc1ccc(-c2cc3cc(O)ccc3o2)c(-c2ccc(OCc3ccccc3)cc2)c1. The molecule has 0 unspecified atom stereocenters. The molecule has 5 rings (SSSR count). The van der Waals surface area contributed by atoms with Gasteiger partial charge in [-0.05, 0) is 71.3 Å². The van der Waals surface area contributed by atoms with Crippen molar-refractivity contribution in [3.63, 3.8) is 0 Å². The lowest BCUT2D eigenvalue weighted by molar-refractivity contribution is 0.306. The van der Waals surface area contributed by atoms with Crippen LogP contribution in [0.1, 0.15) is 5.56 Å². The molecule has 4 heteroatoms. The van der Waals surface area contributed by atoms with Crippen molar-refractivity contribution in [2.45, 2.75) is 6.61 Å². The average molecular weight is 408 g/mol. The lowest BCUT2D eigenvalue weighted by Gasteiger charge is -2.11. The second-order valence-electron chi connectivity index (χ2n) is 7.36. The molecule has 31 heavy (non-hydrogen) atoms. The molecule has 0 aliphatic carbocycles. The highest BCUT2D eigenvalue weighted by molar-refractivity contribution is 5.89. The van der Waals surface area contributed by atoms with Crippen LogP contribution in [0.25, 0.3) is 33.4 Å². The zero-order valence-corrected chi connectivity index (χ0v) is 16.7. The summed E-state index contributed by atoms with van der Waals surface area (Å²) in [5.41, 5.74) is 4.43. The predicted molar refractivity (Wildman–Crippen MR) is 121 cm³/mol. The smallest absolute Gasteiger partial charge is 0.136 e. The maximum atomic E-state index is 10.1. The number of ether oxygens (including phenoxy) is 1. The van der Waals surface area contributed by atoms with E-state index in [-0.39, 0.29) is 11.5 Å². The Morgan fingerprint density at radius 2 is 1.42 bits per heavy atom. The van der Waals surface area contributed by atoms with Gasteiger partial charge < -0.3 is 19.4 Å². The van der Waals surface area contributed by atoms with Crippen molar-refractivity contribution >= 4 is 11.0 Å². The van der Waals surface area contributed by atoms with Crippen molar-refractivity contribution in [1.82, 2.24) is 0 Å². The normalized spacial score (nSPS) is 11.0. The first kappa shape index (κ1) is 18.8. The van der Waals surface area contributed by atoms with Gasteiger partial charge in [0.05, 0.1) is 0 Å². The number of rotatable bonds is 5. The Labute approximate surface area is 179 Å². The number of hydrogen-bond acceptors (Lipinski definition) is 4. The maximum absolute atomic E-state index is 10.1. The molecule has 0 saturated heterocycles. The number of fused-ring (bicyclic) bond motifs is 1. The van der Waals surface area contributed by atoms with Crippen LogP contribution in [0, 0.1) is 0 Å². The van der Waals surface area contributed by atoms with Crippen LogP contribution in [0.15, 0.2) is 101 Å². The lowest BCUT2D eigenvalue weighted by atomic mass is 9.97. The summed E-state index contributed by atoms with van der Waals surface area (Å²) in [6.07, 6.45) is 0. The lowest BCUT2D eigenvalue weighted by Crippen LogP contribution is -1.94. The van der Waals surface area contributed by atoms with Gasteiger partial charge in [0.25, 0.3) is 0 Å². The second-order valence-corrected chi connectivity index (χ2v) is 7.36. The van der Waals surface area contributed by atoms with Gasteiger partial charge in [0.2, 0.25) is 0 Å². The van der Waals surface area contributed by atoms with Gasteiger partial charge in [-0.2, -0.15) is 0 Å². The molecule has 4 nitrogen and oxygen atoms in total. The number of phenols is 2. The first-order chi connectivity index (χ1) is 15.2. The van der Waals surface area contributed by atoms with Gasteiger partial charge in [-0.15, -0.1) is 0 Å². The van der Waals surface area contributed by atoms with E-state index in [9.17, 15) is 10.2 Å². The van der Waals surface area contributed by atoms with Crippen molar-refractivity contribution in [2.24, 2.45) is 0 Å². The molecule has 0 atom stereocenters. The van der Waals surface area contributed by atoms with Gasteiger partial charge in [0.1, 0.15) is 35.2 Å². The van der Waals surface area contributed by atoms with Crippen LogP contribution in [0.3, 0.4) is 0 Å². The average Bonchev–Trinajstić information content (AvgIpc) is 3.21. The Morgan fingerprint density at radius 1 is 0.677 bits per heavy atom. The highest BCUT2D eigenvalue weighted by Crippen LogP contribution is 2.38. The molecule has 0 bridgehead atoms. The van der Waals surface area contributed by atoms with E-state index in [1.807, 2.05) is 66.7 Å². The van der Waals surface area contributed by atoms with E-state index in [0.717, 1.165) is 33.4 Å². The Balaban J connectivity index is 1.46. The Hall–Kier alpha value is -4.18. The van der Waals surface area contributed by atoms with E-state index in [4.69, 9.17) is 9.15 Å². The van der Waals surface area contributed by atoms with Crippen molar-refractivity contribution in [3.8, 4) is 39.7 Å². The summed E-state index contributed by atoms with van der Waals surface area (Å²) in [6.45, 7) is 0.503. The number of hydrogen-bond donors (Lipinski definition) is 2. The fourth-order valence-corrected chi connectivity index (χ4v) is 3.62. The van der Waals surface area contributed by atoms with Crippen LogP contribution < -0.4 is 4.74 Å². The third-order valence-corrected chi connectivity index (χ3v) is 5.18. The largest absolute Gasteiger partial charge is 0.508 e. The molecule has 152 valence electrons. The molecular formula is C27H20O4. The van der Waals surface area contributed by atoms with Crippen molar-refractivity contribution in [3.05, 3.63) is 103 Å². The molecule has 0 saturated carbocycles. The molecule has 0 fully saturated rings. The Bertz CT molecular complexity index is 1340. The molecule has 0 aliphatic rings. The van der Waals surface area contributed by atoms with Gasteiger partial charge in [-0.1, -0.05) is 42.5 Å². The highest BCUT2D eigenvalue weighted by Gasteiger charge is 2.14. The molecular weight excluding hydrogens is 388 g/mol. The van der Waals surface area contributed by atoms with E-state index < -0.39 is 0 Å². The van der Waals surface area contributed by atoms with E-state index in [1.54, 1.807) is 30.3 Å². The first-order valence-electron chi connectivity index (χ1n) is 9.99. The second kappa shape index (κ2) is 7.92. The van der Waals surface area contributed by atoms with Crippen LogP contribution in [0.5, 0.6) is 17.2 Å². The minimum atomic E-state index is 0.178. The molecule has 4 aromatic carbocycles. The van der Waals surface area contributed by atoms with E-state index in [1.165, 1.54) is 0 Å². The standard InChI is InChI=1S/C27H20O4/c28-21-9-13-26-20(14-21)15-27(31-26)24-12-8-22(29)16-25(24)19-6-10-23(11-7-19)30-17-18-4-2-1-3-5-18/h1-16,28-29H,17H2. The molecule has 0 aliphatic heterocycles. The molecule has 1 heterocycles. The molecule has 0 radical (unpaired) electrons. The van der Waals surface area contributed by atoms with E-state index in [0.29, 0.717) is 18.0 Å². The predicted octanol–water partition coefficient (Wildman–Crippen LogP) is 6.76. The molecule has 2 N–H and O–H groups in total. The van der Waals surface area contributed by atoms with Gasteiger partial charge in [-0.25, -0.2) is 0 Å². The summed E-state index contributed by atoms with van der Waals surface area (Å²) in [6, 6.07) is 29.9. The number of aromatic hydroxyl groups is 2. The highest BCUT2D eigenvalue weighted by atomic mass is 16.5.